The summed E-state index contributed by atoms with van der Waals surface area (Å²) in [5, 5.41) is 16.0. The van der Waals surface area contributed by atoms with Crippen molar-refractivity contribution in [1.82, 2.24) is 0 Å². The molecule has 4 aromatic rings. The Morgan fingerprint density at radius 3 is 2.36 bits per heavy atom. The minimum atomic E-state index is -0.465. The number of carbonyl (C=O) groups excluding carboxylic acids is 1. The van der Waals surface area contributed by atoms with Crippen molar-refractivity contribution in [2.24, 2.45) is 0 Å². The summed E-state index contributed by atoms with van der Waals surface area (Å²) in [6.07, 6.45) is 0. The van der Waals surface area contributed by atoms with Crippen LogP contribution in [0.4, 0.5) is 5.69 Å². The highest BCUT2D eigenvalue weighted by molar-refractivity contribution is 6.18. The number of carbonyl (C=O) groups is 1. The van der Waals surface area contributed by atoms with Crippen LogP contribution in [0.2, 0.25) is 0 Å². The third kappa shape index (κ3) is 2.37. The van der Waals surface area contributed by atoms with Crippen LogP contribution in [0.25, 0.3) is 32.3 Å². The fraction of sp³-hybridized carbons (Fsp3) is 0.0500. The van der Waals surface area contributed by atoms with Gasteiger partial charge in [0.25, 0.3) is 5.69 Å². The van der Waals surface area contributed by atoms with Crippen LogP contribution in [-0.2, 0) is 4.79 Å². The molecule has 5 heteroatoms. The molecule has 0 N–H and O–H groups in total. The van der Waals surface area contributed by atoms with Gasteiger partial charge in [0.15, 0.2) is 0 Å². The molecule has 0 heterocycles. The second kappa shape index (κ2) is 5.56. The quantitative estimate of drug-likeness (QED) is 0.130. The van der Waals surface area contributed by atoms with Crippen molar-refractivity contribution in [3.05, 3.63) is 70.8 Å². The lowest BCUT2D eigenvalue weighted by atomic mass is 9.96. The van der Waals surface area contributed by atoms with Gasteiger partial charge in [0.1, 0.15) is 5.75 Å². The Labute approximate surface area is 142 Å². The van der Waals surface area contributed by atoms with Gasteiger partial charge in [0, 0.05) is 12.3 Å². The van der Waals surface area contributed by atoms with E-state index < -0.39 is 5.97 Å². The van der Waals surface area contributed by atoms with Crippen molar-refractivity contribution in [2.75, 3.05) is 0 Å². The topological polar surface area (TPSA) is 69.4 Å². The van der Waals surface area contributed by atoms with E-state index in [1.807, 2.05) is 36.4 Å². The van der Waals surface area contributed by atoms with Gasteiger partial charge in [0.2, 0.25) is 0 Å². The lowest BCUT2D eigenvalue weighted by molar-refractivity contribution is -0.381. The van der Waals surface area contributed by atoms with Crippen molar-refractivity contribution in [3.8, 4) is 5.75 Å². The Balaban J connectivity index is 2.24. The van der Waals surface area contributed by atoms with Crippen LogP contribution < -0.4 is 4.74 Å². The van der Waals surface area contributed by atoms with Crippen molar-refractivity contribution < 1.29 is 14.5 Å². The molecule has 0 aliphatic heterocycles. The number of fused-ring (bicyclic) bond motifs is 4. The predicted octanol–water partition coefficient (Wildman–Crippen LogP) is 4.98. The first-order chi connectivity index (χ1) is 12.1. The Bertz CT molecular complexity index is 1180. The maximum Gasteiger partial charge on any atom is 0.308 e. The molecule has 4 aromatic carbocycles. The molecule has 0 saturated heterocycles. The third-order valence-electron chi connectivity index (χ3n) is 4.27. The van der Waals surface area contributed by atoms with E-state index in [9.17, 15) is 14.9 Å². The van der Waals surface area contributed by atoms with Gasteiger partial charge in [0.05, 0.1) is 15.7 Å². The van der Waals surface area contributed by atoms with E-state index in [2.05, 4.69) is 0 Å². The monoisotopic (exact) mass is 331 g/mol. The molecule has 0 amide bonds. The van der Waals surface area contributed by atoms with Crippen LogP contribution in [0.5, 0.6) is 5.75 Å². The number of ether oxygens (including phenoxy) is 1. The molecule has 0 aliphatic carbocycles. The zero-order chi connectivity index (χ0) is 17.6. The number of nitro benzene ring substituents is 1. The molecule has 25 heavy (non-hydrogen) atoms. The summed E-state index contributed by atoms with van der Waals surface area (Å²) in [4.78, 5) is 22.8. The van der Waals surface area contributed by atoms with Gasteiger partial charge >= 0.3 is 5.97 Å². The highest BCUT2D eigenvalue weighted by atomic mass is 16.6. The number of nitrogens with zero attached hydrogens (tertiary/aromatic N) is 1. The maximum absolute atomic E-state index is 11.8. The van der Waals surface area contributed by atoms with Crippen LogP contribution >= 0.6 is 0 Å². The van der Waals surface area contributed by atoms with Crippen LogP contribution in [0.1, 0.15) is 6.92 Å². The van der Waals surface area contributed by atoms with E-state index in [4.69, 9.17) is 4.74 Å². The SMILES string of the molecule is CC(=O)Oc1cccc2c([N+](=O)[O-])c3ccc4ccccc4c3cc12. The van der Waals surface area contributed by atoms with Gasteiger partial charge in [-0.25, -0.2) is 0 Å². The highest BCUT2D eigenvalue weighted by Crippen LogP contribution is 2.40. The largest absolute Gasteiger partial charge is 0.426 e. The smallest absolute Gasteiger partial charge is 0.308 e. The predicted molar refractivity (Wildman–Crippen MR) is 96.9 cm³/mol. The number of hydrogen-bond donors (Lipinski definition) is 0. The van der Waals surface area contributed by atoms with Gasteiger partial charge in [-0.1, -0.05) is 36.4 Å². The van der Waals surface area contributed by atoms with E-state index in [1.165, 1.54) is 6.92 Å². The summed E-state index contributed by atoms with van der Waals surface area (Å²) in [6.45, 7) is 1.31. The number of non-ortho nitro benzene ring substituents is 1. The molecule has 0 spiro atoms. The number of hydrogen-bond acceptors (Lipinski definition) is 4. The summed E-state index contributed by atoms with van der Waals surface area (Å²) >= 11 is 0. The fourth-order valence-electron chi connectivity index (χ4n) is 3.29. The second-order valence-electron chi connectivity index (χ2n) is 5.81. The Morgan fingerprint density at radius 1 is 0.880 bits per heavy atom. The average Bonchev–Trinajstić information content (AvgIpc) is 2.59. The summed E-state index contributed by atoms with van der Waals surface area (Å²) in [7, 11) is 0. The number of nitro groups is 1. The molecule has 122 valence electrons. The molecule has 0 aromatic heterocycles. The first-order valence-corrected chi connectivity index (χ1v) is 7.76. The van der Waals surface area contributed by atoms with Crippen molar-refractivity contribution in [3.63, 3.8) is 0 Å². The van der Waals surface area contributed by atoms with Gasteiger partial charge in [-0.05, 0) is 40.4 Å². The van der Waals surface area contributed by atoms with E-state index in [1.54, 1.807) is 24.3 Å². The molecular formula is C20H13NO4. The average molecular weight is 331 g/mol. The number of rotatable bonds is 2. The first-order valence-electron chi connectivity index (χ1n) is 7.76. The Kier molecular flexibility index (Phi) is 3.35. The maximum atomic E-state index is 11.8. The normalized spacial score (nSPS) is 11.1. The standard InChI is InChI=1S/C20H13NO4/c1-12(22)25-19-8-4-7-15-18(19)11-17-14-6-3-2-5-13(14)9-10-16(17)20(15)21(23)24/h2-11H,1H3. The van der Waals surface area contributed by atoms with Crippen molar-refractivity contribution >= 4 is 44.0 Å². The lowest BCUT2D eigenvalue weighted by Crippen LogP contribution is -2.02. The number of esters is 1. The lowest BCUT2D eigenvalue weighted by Gasteiger charge is -2.10. The van der Waals surface area contributed by atoms with Crippen molar-refractivity contribution in [2.45, 2.75) is 6.92 Å². The zero-order valence-electron chi connectivity index (χ0n) is 13.4. The molecule has 0 atom stereocenters. The van der Waals surface area contributed by atoms with Gasteiger partial charge < -0.3 is 4.74 Å². The van der Waals surface area contributed by atoms with E-state index in [-0.39, 0.29) is 10.6 Å². The molecule has 0 fully saturated rings. The molecule has 5 nitrogen and oxygen atoms in total. The molecule has 4 rings (SSSR count). The van der Waals surface area contributed by atoms with E-state index in [0.717, 1.165) is 16.2 Å². The molecule has 0 radical (unpaired) electrons. The van der Waals surface area contributed by atoms with Crippen LogP contribution in [0, 0.1) is 10.1 Å². The van der Waals surface area contributed by atoms with Crippen LogP contribution in [0.3, 0.4) is 0 Å². The molecule has 0 aliphatic rings. The summed E-state index contributed by atoms with van der Waals surface area (Å²) in [5.41, 5.74) is 0.0206. The molecular weight excluding hydrogens is 318 g/mol. The van der Waals surface area contributed by atoms with Gasteiger partial charge in [-0.2, -0.15) is 0 Å². The zero-order valence-corrected chi connectivity index (χ0v) is 13.4. The third-order valence-corrected chi connectivity index (χ3v) is 4.27. The minimum absolute atomic E-state index is 0.0206. The first kappa shape index (κ1) is 15.1. The summed E-state index contributed by atoms with van der Waals surface area (Å²) in [6, 6.07) is 18.2. The Hall–Kier alpha value is -3.47. The molecule has 0 unspecified atom stereocenters. The fourth-order valence-corrected chi connectivity index (χ4v) is 3.29. The van der Waals surface area contributed by atoms with Gasteiger partial charge in [-0.15, -0.1) is 0 Å². The summed E-state index contributed by atoms with van der Waals surface area (Å²) < 4.78 is 5.26. The molecule has 0 bridgehead atoms. The molecule has 0 saturated carbocycles. The van der Waals surface area contributed by atoms with Gasteiger partial charge in [-0.3, -0.25) is 14.9 Å². The highest BCUT2D eigenvalue weighted by Gasteiger charge is 2.21. The summed E-state index contributed by atoms with van der Waals surface area (Å²) in [5.74, 6) is -0.142. The van der Waals surface area contributed by atoms with Crippen molar-refractivity contribution in [1.29, 1.82) is 0 Å². The van der Waals surface area contributed by atoms with E-state index >= 15 is 0 Å². The van der Waals surface area contributed by atoms with E-state index in [0.29, 0.717) is 21.9 Å². The van der Waals surface area contributed by atoms with Crippen LogP contribution in [-0.4, -0.2) is 10.9 Å². The second-order valence-corrected chi connectivity index (χ2v) is 5.81. The number of benzene rings is 4. The minimum Gasteiger partial charge on any atom is -0.426 e. The Morgan fingerprint density at radius 2 is 1.60 bits per heavy atom. The van der Waals surface area contributed by atoms with Crippen LogP contribution in [0.15, 0.2) is 60.7 Å².